The van der Waals surface area contributed by atoms with Crippen molar-refractivity contribution in [1.82, 2.24) is 0 Å². The molecule has 0 spiro atoms. The van der Waals surface area contributed by atoms with Crippen LogP contribution in [0, 0.1) is 0 Å². The fraction of sp³-hybridized carbons (Fsp3) is 0.227. The smallest absolute Gasteiger partial charge is 0.333 e. The van der Waals surface area contributed by atoms with E-state index in [-0.39, 0.29) is 18.5 Å². The average Bonchev–Trinajstić information content (AvgIpc) is 2.67. The standard InChI is InChI=1S/C22H23O5P/c1-16(19-13-7-11-18-10-5-6-12-20(18)19)14-21(22(23)24)27-28(25,26)15-17-8-3-2-4-9-17/h2-13,16,21H,14-15H2,1H3,(H,23,24)(H,25,26). The van der Waals surface area contributed by atoms with Gasteiger partial charge in [0.25, 0.3) is 0 Å². The van der Waals surface area contributed by atoms with Crippen molar-refractivity contribution < 1.29 is 23.9 Å². The number of hydrogen-bond donors (Lipinski definition) is 2. The summed E-state index contributed by atoms with van der Waals surface area (Å²) in [6.45, 7) is 1.90. The van der Waals surface area contributed by atoms with Crippen molar-refractivity contribution in [2.75, 3.05) is 0 Å². The van der Waals surface area contributed by atoms with Crippen molar-refractivity contribution in [1.29, 1.82) is 0 Å². The molecule has 0 saturated carbocycles. The number of rotatable bonds is 8. The summed E-state index contributed by atoms with van der Waals surface area (Å²) < 4.78 is 17.7. The molecular formula is C22H23O5P. The van der Waals surface area contributed by atoms with Gasteiger partial charge in [-0.3, -0.25) is 9.09 Å². The van der Waals surface area contributed by atoms with Crippen molar-refractivity contribution in [2.45, 2.75) is 31.5 Å². The van der Waals surface area contributed by atoms with Gasteiger partial charge in [-0.25, -0.2) is 4.79 Å². The van der Waals surface area contributed by atoms with Crippen LogP contribution in [-0.4, -0.2) is 22.1 Å². The van der Waals surface area contributed by atoms with E-state index < -0.39 is 19.7 Å². The van der Waals surface area contributed by atoms with Crippen molar-refractivity contribution in [2.24, 2.45) is 0 Å². The largest absolute Gasteiger partial charge is 0.479 e. The average molecular weight is 398 g/mol. The van der Waals surface area contributed by atoms with Crippen LogP contribution >= 0.6 is 7.60 Å². The molecule has 3 unspecified atom stereocenters. The third-order valence-electron chi connectivity index (χ3n) is 4.71. The van der Waals surface area contributed by atoms with E-state index >= 15 is 0 Å². The number of aliphatic carboxylic acids is 1. The van der Waals surface area contributed by atoms with Crippen molar-refractivity contribution in [3.8, 4) is 0 Å². The second-order valence-electron chi connectivity index (χ2n) is 6.92. The number of fused-ring (bicyclic) bond motifs is 1. The highest BCUT2D eigenvalue weighted by atomic mass is 31.2. The van der Waals surface area contributed by atoms with Gasteiger partial charge in [0.1, 0.15) is 0 Å². The lowest BCUT2D eigenvalue weighted by molar-refractivity contribution is -0.146. The van der Waals surface area contributed by atoms with E-state index in [1.54, 1.807) is 30.3 Å². The molecule has 0 amide bonds. The Hall–Kier alpha value is -2.46. The Bertz CT molecular complexity index is 997. The minimum absolute atomic E-state index is 0.0999. The molecule has 0 aliphatic rings. The van der Waals surface area contributed by atoms with Gasteiger partial charge in [0.2, 0.25) is 0 Å². The third-order valence-corrected chi connectivity index (χ3v) is 6.06. The third kappa shape index (κ3) is 5.08. The lowest BCUT2D eigenvalue weighted by Gasteiger charge is -2.22. The molecule has 3 rings (SSSR count). The molecular weight excluding hydrogens is 375 g/mol. The van der Waals surface area contributed by atoms with Crippen LogP contribution in [0.4, 0.5) is 0 Å². The van der Waals surface area contributed by atoms with Gasteiger partial charge >= 0.3 is 13.6 Å². The summed E-state index contributed by atoms with van der Waals surface area (Å²) in [5.74, 6) is -1.40. The zero-order valence-corrected chi connectivity index (χ0v) is 16.5. The summed E-state index contributed by atoms with van der Waals surface area (Å²) >= 11 is 0. The highest BCUT2D eigenvalue weighted by molar-refractivity contribution is 7.52. The van der Waals surface area contributed by atoms with Gasteiger partial charge in [-0.15, -0.1) is 0 Å². The second kappa shape index (κ2) is 8.70. The van der Waals surface area contributed by atoms with E-state index in [0.29, 0.717) is 5.56 Å². The molecule has 0 aromatic heterocycles. The second-order valence-corrected chi connectivity index (χ2v) is 8.72. The minimum Gasteiger partial charge on any atom is -0.479 e. The van der Waals surface area contributed by atoms with Gasteiger partial charge in [-0.2, -0.15) is 0 Å². The molecule has 0 aliphatic carbocycles. The Morgan fingerprint density at radius 3 is 2.36 bits per heavy atom. The SMILES string of the molecule is CC(CC(OP(=O)(O)Cc1ccccc1)C(=O)O)c1cccc2ccccc12. The first-order valence-electron chi connectivity index (χ1n) is 9.10. The van der Waals surface area contributed by atoms with Gasteiger partial charge in [0.05, 0.1) is 6.16 Å². The molecule has 5 nitrogen and oxygen atoms in total. The zero-order valence-electron chi connectivity index (χ0n) is 15.6. The van der Waals surface area contributed by atoms with E-state index in [1.165, 1.54) is 0 Å². The van der Waals surface area contributed by atoms with Gasteiger partial charge in [0.15, 0.2) is 6.10 Å². The maximum atomic E-state index is 12.5. The monoisotopic (exact) mass is 398 g/mol. The van der Waals surface area contributed by atoms with E-state index in [0.717, 1.165) is 16.3 Å². The highest BCUT2D eigenvalue weighted by Crippen LogP contribution is 2.48. The molecule has 2 N–H and O–H groups in total. The van der Waals surface area contributed by atoms with Gasteiger partial charge in [0, 0.05) is 0 Å². The molecule has 0 bridgehead atoms. The Kier molecular flexibility index (Phi) is 6.30. The summed E-state index contributed by atoms with van der Waals surface area (Å²) in [6.07, 6.45) is -1.49. The molecule has 0 aliphatic heterocycles. The van der Waals surface area contributed by atoms with Gasteiger partial charge in [-0.1, -0.05) is 79.7 Å². The maximum absolute atomic E-state index is 12.5. The summed E-state index contributed by atoms with van der Waals surface area (Å²) in [5, 5.41) is 11.7. The highest BCUT2D eigenvalue weighted by Gasteiger charge is 2.31. The van der Waals surface area contributed by atoms with Gasteiger partial charge < -0.3 is 10.00 Å². The van der Waals surface area contributed by atoms with Gasteiger partial charge in [-0.05, 0) is 34.2 Å². The molecule has 3 aromatic rings. The minimum atomic E-state index is -4.10. The van der Waals surface area contributed by atoms with Crippen LogP contribution in [0.3, 0.4) is 0 Å². The van der Waals surface area contributed by atoms with Crippen LogP contribution in [0.1, 0.15) is 30.4 Å². The molecule has 0 fully saturated rings. The Labute approximate surface area is 164 Å². The summed E-state index contributed by atoms with van der Waals surface area (Å²) in [5.41, 5.74) is 1.61. The topological polar surface area (TPSA) is 83.8 Å². The molecule has 146 valence electrons. The summed E-state index contributed by atoms with van der Waals surface area (Å²) in [7, 11) is -4.10. The first-order valence-corrected chi connectivity index (χ1v) is 10.9. The lowest BCUT2D eigenvalue weighted by atomic mass is 9.91. The fourth-order valence-electron chi connectivity index (χ4n) is 3.37. The number of carboxylic acids is 1. The molecule has 3 atom stereocenters. The van der Waals surface area contributed by atoms with E-state index in [4.69, 9.17) is 4.52 Å². The first kappa shape index (κ1) is 20.3. The van der Waals surface area contributed by atoms with Crippen LogP contribution in [-0.2, 0) is 20.0 Å². The maximum Gasteiger partial charge on any atom is 0.333 e. The molecule has 28 heavy (non-hydrogen) atoms. The first-order chi connectivity index (χ1) is 13.4. The van der Waals surface area contributed by atoms with Crippen molar-refractivity contribution in [3.63, 3.8) is 0 Å². The molecule has 6 heteroatoms. The zero-order chi connectivity index (χ0) is 20.1. The molecule has 0 heterocycles. The van der Waals surface area contributed by atoms with Crippen molar-refractivity contribution >= 4 is 24.3 Å². The van der Waals surface area contributed by atoms with Crippen LogP contribution < -0.4 is 0 Å². The summed E-state index contributed by atoms with van der Waals surface area (Å²) in [6, 6.07) is 22.5. The quantitative estimate of drug-likeness (QED) is 0.510. The van der Waals surface area contributed by atoms with E-state index in [1.807, 2.05) is 49.4 Å². The van der Waals surface area contributed by atoms with Crippen LogP contribution in [0.15, 0.2) is 72.8 Å². The van der Waals surface area contributed by atoms with Crippen LogP contribution in [0.25, 0.3) is 10.8 Å². The molecule has 0 radical (unpaired) electrons. The molecule has 3 aromatic carbocycles. The predicted octanol–water partition coefficient (Wildman–Crippen LogP) is 5.19. The van der Waals surface area contributed by atoms with Crippen LogP contribution in [0.2, 0.25) is 0 Å². The number of hydrogen-bond acceptors (Lipinski definition) is 3. The number of carbonyl (C=O) groups is 1. The lowest BCUT2D eigenvalue weighted by Crippen LogP contribution is -2.25. The van der Waals surface area contributed by atoms with E-state index in [9.17, 15) is 19.4 Å². The molecule has 0 saturated heterocycles. The predicted molar refractivity (Wildman–Crippen MR) is 109 cm³/mol. The van der Waals surface area contributed by atoms with Crippen LogP contribution in [0.5, 0.6) is 0 Å². The Morgan fingerprint density at radius 1 is 1.00 bits per heavy atom. The normalized spacial score (nSPS) is 15.6. The fourth-order valence-corrected chi connectivity index (χ4v) is 4.69. The van der Waals surface area contributed by atoms with Crippen molar-refractivity contribution in [3.05, 3.63) is 83.9 Å². The van der Waals surface area contributed by atoms with E-state index in [2.05, 4.69) is 0 Å². The Morgan fingerprint density at radius 2 is 1.64 bits per heavy atom. The number of carboxylic acid groups (broad SMARTS) is 1. The Balaban J connectivity index is 1.77. The number of benzene rings is 3. The summed E-state index contributed by atoms with van der Waals surface area (Å²) in [4.78, 5) is 21.9.